The van der Waals surface area contributed by atoms with E-state index in [4.69, 9.17) is 5.10 Å². The van der Waals surface area contributed by atoms with Crippen molar-refractivity contribution in [1.82, 2.24) is 5.01 Å². The highest BCUT2D eigenvalue weighted by Crippen LogP contribution is 2.24. The Bertz CT molecular complexity index is 839. The molecule has 0 radical (unpaired) electrons. The van der Waals surface area contributed by atoms with Crippen molar-refractivity contribution in [2.75, 3.05) is 0 Å². The van der Waals surface area contributed by atoms with Crippen LogP contribution in [0.2, 0.25) is 0 Å². The monoisotopic (exact) mass is 346 g/mol. The third-order valence-corrected chi connectivity index (χ3v) is 5.08. The lowest BCUT2D eigenvalue weighted by Crippen LogP contribution is -2.44. The van der Waals surface area contributed by atoms with Crippen LogP contribution in [0.4, 0.5) is 0 Å². The highest BCUT2D eigenvalue weighted by molar-refractivity contribution is 6.04. The number of carbonyl (C=O) groups excluding carboxylic acids is 1. The first-order valence-corrected chi connectivity index (χ1v) is 9.14. The van der Waals surface area contributed by atoms with Gasteiger partial charge in [0.2, 0.25) is 5.91 Å². The van der Waals surface area contributed by atoms with E-state index in [0.29, 0.717) is 12.8 Å². The van der Waals surface area contributed by atoms with Crippen molar-refractivity contribution in [3.8, 4) is 0 Å². The van der Waals surface area contributed by atoms with Gasteiger partial charge in [-0.25, -0.2) is 5.01 Å². The number of hydrogen-bond acceptors (Lipinski definition) is 2. The lowest BCUT2D eigenvalue weighted by atomic mass is 9.95. The van der Waals surface area contributed by atoms with E-state index in [0.717, 1.165) is 11.3 Å². The van der Waals surface area contributed by atoms with Crippen LogP contribution in [0, 0.1) is 19.8 Å². The molecule has 0 fully saturated rings. The van der Waals surface area contributed by atoms with E-state index in [9.17, 15) is 4.79 Å². The van der Waals surface area contributed by atoms with Crippen LogP contribution in [0.15, 0.2) is 66.3 Å². The van der Waals surface area contributed by atoms with Crippen molar-refractivity contribution < 1.29 is 4.79 Å². The standard InChI is InChI=1S/C23H26N2O/c1-5-21(15-19-12-11-16(2)17(3)13-19)25-23(26)18(4)14-22(24-25)20-9-7-6-8-10-20/h5-13,18,21H,1,14-15H2,2-4H3. The van der Waals surface area contributed by atoms with Crippen molar-refractivity contribution in [2.45, 2.75) is 39.7 Å². The quantitative estimate of drug-likeness (QED) is 0.724. The second-order valence-electron chi connectivity index (χ2n) is 7.13. The van der Waals surface area contributed by atoms with Gasteiger partial charge in [0.1, 0.15) is 0 Å². The lowest BCUT2D eigenvalue weighted by molar-refractivity contribution is -0.137. The molecule has 0 aliphatic carbocycles. The highest BCUT2D eigenvalue weighted by atomic mass is 16.2. The topological polar surface area (TPSA) is 32.7 Å². The number of carbonyl (C=O) groups is 1. The molecule has 1 aliphatic rings. The van der Waals surface area contributed by atoms with Crippen molar-refractivity contribution in [3.05, 3.63) is 83.4 Å². The predicted molar refractivity (Wildman–Crippen MR) is 107 cm³/mol. The van der Waals surface area contributed by atoms with Gasteiger partial charge in [-0.1, -0.05) is 61.5 Å². The van der Waals surface area contributed by atoms with Gasteiger partial charge >= 0.3 is 0 Å². The molecule has 2 unspecified atom stereocenters. The molecule has 2 aromatic carbocycles. The zero-order valence-electron chi connectivity index (χ0n) is 15.8. The number of rotatable bonds is 5. The van der Waals surface area contributed by atoms with Crippen LogP contribution in [0.5, 0.6) is 0 Å². The van der Waals surface area contributed by atoms with Crippen LogP contribution in [-0.2, 0) is 11.2 Å². The number of hydrazone groups is 1. The molecule has 0 saturated carbocycles. The molecule has 3 nitrogen and oxygen atoms in total. The molecule has 1 heterocycles. The van der Waals surface area contributed by atoms with Crippen LogP contribution >= 0.6 is 0 Å². The third-order valence-electron chi connectivity index (χ3n) is 5.08. The van der Waals surface area contributed by atoms with Crippen LogP contribution in [0.3, 0.4) is 0 Å². The summed E-state index contributed by atoms with van der Waals surface area (Å²) in [5, 5.41) is 6.36. The number of hydrogen-bond donors (Lipinski definition) is 0. The van der Waals surface area contributed by atoms with Crippen molar-refractivity contribution in [1.29, 1.82) is 0 Å². The maximum Gasteiger partial charge on any atom is 0.246 e. The molecule has 3 heteroatoms. The maximum atomic E-state index is 12.8. The van der Waals surface area contributed by atoms with E-state index in [1.165, 1.54) is 16.7 Å². The minimum absolute atomic E-state index is 0.0680. The van der Waals surface area contributed by atoms with Gasteiger partial charge in [0.15, 0.2) is 0 Å². The normalized spacial score (nSPS) is 18.4. The summed E-state index contributed by atoms with van der Waals surface area (Å²) in [5.74, 6) is -0.0108. The lowest BCUT2D eigenvalue weighted by Gasteiger charge is -2.32. The first-order chi connectivity index (χ1) is 12.5. The highest BCUT2D eigenvalue weighted by Gasteiger charge is 2.31. The Morgan fingerprint density at radius 3 is 2.58 bits per heavy atom. The van der Waals surface area contributed by atoms with E-state index in [1.807, 2.05) is 43.3 Å². The zero-order chi connectivity index (χ0) is 18.7. The smallest absolute Gasteiger partial charge is 0.246 e. The minimum Gasteiger partial charge on any atom is -0.273 e. The summed E-state index contributed by atoms with van der Waals surface area (Å²) in [6, 6.07) is 16.4. The summed E-state index contributed by atoms with van der Waals surface area (Å²) >= 11 is 0. The van der Waals surface area contributed by atoms with E-state index < -0.39 is 0 Å². The van der Waals surface area contributed by atoms with Crippen LogP contribution in [0.1, 0.15) is 35.6 Å². The Morgan fingerprint density at radius 2 is 1.92 bits per heavy atom. The van der Waals surface area contributed by atoms with Gasteiger partial charge in [-0.05, 0) is 42.5 Å². The van der Waals surface area contributed by atoms with Gasteiger partial charge in [0, 0.05) is 12.3 Å². The number of benzene rings is 2. The van der Waals surface area contributed by atoms with Gasteiger partial charge in [-0.15, -0.1) is 6.58 Å². The Morgan fingerprint density at radius 1 is 1.19 bits per heavy atom. The summed E-state index contributed by atoms with van der Waals surface area (Å²) < 4.78 is 0. The fourth-order valence-corrected chi connectivity index (χ4v) is 3.31. The molecule has 26 heavy (non-hydrogen) atoms. The Labute approximate surface area is 156 Å². The van der Waals surface area contributed by atoms with Crippen LogP contribution in [0.25, 0.3) is 0 Å². The largest absolute Gasteiger partial charge is 0.273 e. The van der Waals surface area contributed by atoms with Crippen molar-refractivity contribution >= 4 is 11.6 Å². The first kappa shape index (κ1) is 18.1. The van der Waals surface area contributed by atoms with Gasteiger partial charge in [-0.2, -0.15) is 5.10 Å². The summed E-state index contributed by atoms with van der Waals surface area (Å²) in [7, 11) is 0. The van der Waals surface area contributed by atoms with Gasteiger partial charge in [-0.3, -0.25) is 4.79 Å². The summed E-state index contributed by atoms with van der Waals surface area (Å²) in [4.78, 5) is 12.8. The third kappa shape index (κ3) is 3.77. The molecule has 2 aromatic rings. The van der Waals surface area contributed by atoms with E-state index in [-0.39, 0.29) is 17.9 Å². The summed E-state index contributed by atoms with van der Waals surface area (Å²) in [6.07, 6.45) is 3.22. The second kappa shape index (κ2) is 7.69. The Balaban J connectivity index is 1.90. The molecule has 0 saturated heterocycles. The molecule has 1 aliphatic heterocycles. The first-order valence-electron chi connectivity index (χ1n) is 9.14. The van der Waals surface area contributed by atoms with Gasteiger partial charge in [0.05, 0.1) is 11.8 Å². The maximum absolute atomic E-state index is 12.8. The minimum atomic E-state index is -0.147. The molecular weight excluding hydrogens is 320 g/mol. The van der Waals surface area contributed by atoms with Crippen molar-refractivity contribution in [2.24, 2.45) is 11.0 Å². The molecule has 0 bridgehead atoms. The molecule has 0 N–H and O–H groups in total. The molecule has 2 atom stereocenters. The SMILES string of the molecule is C=CC(Cc1ccc(C)c(C)c1)N1N=C(c2ccccc2)CC(C)C1=O. The molecule has 1 amide bonds. The van der Waals surface area contributed by atoms with E-state index in [2.05, 4.69) is 38.6 Å². The Kier molecular flexibility index (Phi) is 5.36. The summed E-state index contributed by atoms with van der Waals surface area (Å²) in [6.45, 7) is 10.2. The average molecular weight is 346 g/mol. The molecule has 134 valence electrons. The van der Waals surface area contributed by atoms with E-state index >= 15 is 0 Å². The van der Waals surface area contributed by atoms with Gasteiger partial charge in [0.25, 0.3) is 0 Å². The van der Waals surface area contributed by atoms with Gasteiger partial charge < -0.3 is 0 Å². The molecule has 3 rings (SSSR count). The fourth-order valence-electron chi connectivity index (χ4n) is 3.31. The van der Waals surface area contributed by atoms with Crippen LogP contribution in [-0.4, -0.2) is 22.7 Å². The van der Waals surface area contributed by atoms with E-state index in [1.54, 1.807) is 5.01 Å². The summed E-state index contributed by atoms with van der Waals surface area (Å²) in [5.41, 5.74) is 5.77. The molecular formula is C23H26N2O. The van der Waals surface area contributed by atoms with Crippen molar-refractivity contribution in [3.63, 3.8) is 0 Å². The average Bonchev–Trinajstić information content (AvgIpc) is 2.65. The predicted octanol–water partition coefficient (Wildman–Crippen LogP) is 4.67. The Hall–Kier alpha value is -2.68. The second-order valence-corrected chi connectivity index (χ2v) is 7.13. The zero-order valence-corrected chi connectivity index (χ0v) is 15.8. The number of amides is 1. The number of aryl methyl sites for hydroxylation is 2. The number of nitrogens with zero attached hydrogens (tertiary/aromatic N) is 2. The molecule has 0 aromatic heterocycles. The van der Waals surface area contributed by atoms with Crippen LogP contribution < -0.4 is 0 Å². The fraction of sp³-hybridized carbons (Fsp3) is 0.304. The molecule has 0 spiro atoms.